The van der Waals surface area contributed by atoms with E-state index in [1.807, 2.05) is 0 Å². The molecule has 0 amide bonds. The topological polar surface area (TPSA) is 86.6 Å². The van der Waals surface area contributed by atoms with Crippen LogP contribution in [0.4, 0.5) is 0 Å². The Bertz CT molecular complexity index is 333. The largest absolute Gasteiger partial charge is 1.00 e. The second kappa shape index (κ2) is 20.8. The van der Waals surface area contributed by atoms with Gasteiger partial charge in [-0.2, -0.15) is 0 Å². The van der Waals surface area contributed by atoms with Gasteiger partial charge in [0.25, 0.3) is 0 Å². The number of hydrogen-bond acceptors (Lipinski definition) is 3. The molecule has 0 aliphatic heterocycles. The standard InChI is InChI=1S/C19H37NO4.K.H/c1-2-3-4-5-6-7-8-9-10-11-12-13-16-20-17(19(23)24)14-15-18(21)22;;/h17,20H,2-16H2,1H3,(H,21,22)(H,23,24);;/q;+1;-1/t17-;;/m1../s1. The van der Waals surface area contributed by atoms with E-state index in [4.69, 9.17) is 10.2 Å². The maximum Gasteiger partial charge on any atom is 1.00 e. The molecule has 1 atom stereocenters. The second-order valence-corrected chi connectivity index (χ2v) is 6.67. The Morgan fingerprint density at radius 3 is 1.68 bits per heavy atom. The Hall–Kier alpha value is 0.536. The molecule has 0 bridgehead atoms. The van der Waals surface area contributed by atoms with Gasteiger partial charge in [0.05, 0.1) is 0 Å². The molecule has 0 aromatic heterocycles. The molecule has 144 valence electrons. The van der Waals surface area contributed by atoms with Crippen molar-refractivity contribution in [2.45, 2.75) is 103 Å². The normalized spacial score (nSPS) is 11.7. The molecular weight excluding hydrogens is 345 g/mol. The second-order valence-electron chi connectivity index (χ2n) is 6.67. The van der Waals surface area contributed by atoms with Crippen LogP contribution < -0.4 is 56.7 Å². The Kier molecular flexibility index (Phi) is 23.1. The Morgan fingerprint density at radius 2 is 1.28 bits per heavy atom. The molecule has 0 aliphatic rings. The fourth-order valence-electron chi connectivity index (χ4n) is 2.82. The van der Waals surface area contributed by atoms with Crippen LogP contribution in [0.25, 0.3) is 0 Å². The molecule has 6 heteroatoms. The average molecular weight is 384 g/mol. The monoisotopic (exact) mass is 383 g/mol. The van der Waals surface area contributed by atoms with Crippen molar-refractivity contribution in [2.75, 3.05) is 6.54 Å². The van der Waals surface area contributed by atoms with Gasteiger partial charge < -0.3 is 17.0 Å². The third kappa shape index (κ3) is 20.7. The minimum absolute atomic E-state index is 0. The fraction of sp³-hybridized carbons (Fsp3) is 0.895. The molecule has 0 heterocycles. The molecule has 0 aliphatic carbocycles. The van der Waals surface area contributed by atoms with Gasteiger partial charge in [-0.1, -0.05) is 77.6 Å². The number of carbonyl (C=O) groups is 2. The zero-order valence-corrected chi connectivity index (χ0v) is 19.5. The van der Waals surface area contributed by atoms with Crippen molar-refractivity contribution in [3.8, 4) is 0 Å². The number of hydrogen-bond donors (Lipinski definition) is 3. The van der Waals surface area contributed by atoms with Crippen LogP contribution in [-0.2, 0) is 9.59 Å². The predicted molar refractivity (Wildman–Crippen MR) is 98.5 cm³/mol. The number of carboxylic acid groups (broad SMARTS) is 2. The maximum atomic E-state index is 11.0. The van der Waals surface area contributed by atoms with Crippen molar-refractivity contribution in [1.29, 1.82) is 0 Å². The van der Waals surface area contributed by atoms with Crippen molar-refractivity contribution >= 4 is 11.9 Å². The first kappa shape index (κ1) is 27.8. The molecule has 0 spiro atoms. The van der Waals surface area contributed by atoms with Crippen molar-refractivity contribution in [1.82, 2.24) is 5.32 Å². The van der Waals surface area contributed by atoms with Crippen LogP contribution >= 0.6 is 0 Å². The van der Waals surface area contributed by atoms with Gasteiger partial charge in [-0.3, -0.25) is 9.59 Å². The quantitative estimate of drug-likeness (QED) is 0.248. The van der Waals surface area contributed by atoms with Crippen molar-refractivity contribution in [3.05, 3.63) is 0 Å². The summed E-state index contributed by atoms with van der Waals surface area (Å²) >= 11 is 0. The van der Waals surface area contributed by atoms with E-state index in [0.717, 1.165) is 12.8 Å². The Morgan fingerprint density at radius 1 is 0.840 bits per heavy atom. The van der Waals surface area contributed by atoms with Gasteiger partial charge in [0.15, 0.2) is 0 Å². The van der Waals surface area contributed by atoms with E-state index >= 15 is 0 Å². The molecule has 0 radical (unpaired) electrons. The summed E-state index contributed by atoms with van der Waals surface area (Å²) in [4.78, 5) is 21.5. The van der Waals surface area contributed by atoms with E-state index < -0.39 is 18.0 Å². The van der Waals surface area contributed by atoms with E-state index in [9.17, 15) is 9.59 Å². The minimum atomic E-state index is -0.963. The molecular formula is C19H38KNO4. The molecule has 0 fully saturated rings. The molecule has 25 heavy (non-hydrogen) atoms. The van der Waals surface area contributed by atoms with E-state index in [2.05, 4.69) is 12.2 Å². The average Bonchev–Trinajstić information content (AvgIpc) is 2.54. The van der Waals surface area contributed by atoms with Crippen molar-refractivity contribution in [2.24, 2.45) is 0 Å². The predicted octanol–water partition coefficient (Wildman–Crippen LogP) is 1.71. The van der Waals surface area contributed by atoms with E-state index in [0.29, 0.717) is 6.54 Å². The van der Waals surface area contributed by atoms with Gasteiger partial charge >= 0.3 is 63.3 Å². The Labute approximate surface area is 197 Å². The van der Waals surface area contributed by atoms with Crippen LogP contribution in [0.2, 0.25) is 0 Å². The maximum absolute atomic E-state index is 11.0. The number of aliphatic carboxylic acids is 2. The summed E-state index contributed by atoms with van der Waals surface area (Å²) in [6.45, 7) is 2.89. The zero-order chi connectivity index (χ0) is 18.0. The molecule has 0 aromatic rings. The van der Waals surface area contributed by atoms with Crippen LogP contribution in [0.3, 0.4) is 0 Å². The third-order valence-electron chi connectivity index (χ3n) is 4.37. The molecule has 5 nitrogen and oxygen atoms in total. The van der Waals surface area contributed by atoms with Crippen molar-refractivity contribution in [3.63, 3.8) is 0 Å². The summed E-state index contributed by atoms with van der Waals surface area (Å²) in [6.07, 6.45) is 15.4. The van der Waals surface area contributed by atoms with E-state index in [-0.39, 0.29) is 65.7 Å². The third-order valence-corrected chi connectivity index (χ3v) is 4.37. The fourth-order valence-corrected chi connectivity index (χ4v) is 2.82. The summed E-state index contributed by atoms with van der Waals surface area (Å²) in [7, 11) is 0. The van der Waals surface area contributed by atoms with Gasteiger partial charge in [0.1, 0.15) is 6.04 Å². The van der Waals surface area contributed by atoms with E-state index in [1.54, 1.807) is 0 Å². The molecule has 0 aromatic carbocycles. The summed E-state index contributed by atoms with van der Waals surface area (Å²) in [5.41, 5.74) is 0. The zero-order valence-electron chi connectivity index (χ0n) is 17.4. The summed E-state index contributed by atoms with van der Waals surface area (Å²) in [6, 6.07) is -0.742. The molecule has 0 rings (SSSR count). The SMILES string of the molecule is CCCCCCCCCCCCCCN[C@H](CCC(=O)O)C(=O)O.[H-].[K+]. The van der Waals surface area contributed by atoms with E-state index in [1.165, 1.54) is 64.2 Å². The van der Waals surface area contributed by atoms with Crippen LogP contribution in [0.5, 0.6) is 0 Å². The van der Waals surface area contributed by atoms with Crippen LogP contribution in [-0.4, -0.2) is 34.7 Å². The smallest absolute Gasteiger partial charge is 1.00 e. The Balaban J connectivity index is -0.00000264. The molecule has 0 unspecified atom stereocenters. The molecule has 0 saturated carbocycles. The first-order valence-electron chi connectivity index (χ1n) is 9.76. The number of rotatable bonds is 18. The molecule has 0 saturated heterocycles. The minimum Gasteiger partial charge on any atom is -1.00 e. The first-order valence-corrected chi connectivity index (χ1v) is 9.76. The summed E-state index contributed by atoms with van der Waals surface area (Å²) in [5, 5.41) is 20.6. The summed E-state index contributed by atoms with van der Waals surface area (Å²) < 4.78 is 0. The van der Waals surface area contributed by atoms with Gasteiger partial charge in [0, 0.05) is 6.42 Å². The summed E-state index contributed by atoms with van der Waals surface area (Å²) in [5.74, 6) is -1.91. The van der Waals surface area contributed by atoms with Crippen LogP contribution in [0.1, 0.15) is 98.2 Å². The van der Waals surface area contributed by atoms with Gasteiger partial charge in [-0.15, -0.1) is 0 Å². The first-order chi connectivity index (χ1) is 11.6. The molecule has 3 N–H and O–H groups in total. The number of carboxylic acids is 2. The van der Waals surface area contributed by atoms with Gasteiger partial charge in [-0.25, -0.2) is 0 Å². The number of unbranched alkanes of at least 4 members (excludes halogenated alkanes) is 11. The van der Waals surface area contributed by atoms with Crippen LogP contribution in [0.15, 0.2) is 0 Å². The number of nitrogens with one attached hydrogen (secondary N) is 1. The van der Waals surface area contributed by atoms with Gasteiger partial charge in [-0.05, 0) is 19.4 Å². The van der Waals surface area contributed by atoms with Crippen molar-refractivity contribution < 1.29 is 72.6 Å². The van der Waals surface area contributed by atoms with Crippen LogP contribution in [0, 0.1) is 0 Å². The van der Waals surface area contributed by atoms with Gasteiger partial charge in [0.2, 0.25) is 0 Å².